The van der Waals surface area contributed by atoms with E-state index in [1.165, 1.54) is 11.3 Å². The molecule has 0 saturated carbocycles. The summed E-state index contributed by atoms with van der Waals surface area (Å²) in [6.45, 7) is 3.65. The molecule has 21 heavy (non-hydrogen) atoms. The van der Waals surface area contributed by atoms with Crippen molar-refractivity contribution in [1.82, 2.24) is 10.2 Å². The lowest BCUT2D eigenvalue weighted by Gasteiger charge is -1.96. The zero-order valence-corrected chi connectivity index (χ0v) is 13.5. The van der Waals surface area contributed by atoms with Crippen molar-refractivity contribution in [3.63, 3.8) is 0 Å². The smallest absolute Gasteiger partial charge is 0.322 e. The van der Waals surface area contributed by atoms with Gasteiger partial charge in [0.25, 0.3) is 11.8 Å². The molecule has 3 aromatic rings. The van der Waals surface area contributed by atoms with Crippen LogP contribution in [0.15, 0.2) is 30.8 Å². The lowest BCUT2D eigenvalue weighted by molar-refractivity contribution is 0.102. The third kappa shape index (κ3) is 2.91. The van der Waals surface area contributed by atoms with Crippen LogP contribution in [0.1, 0.15) is 21.2 Å². The van der Waals surface area contributed by atoms with Crippen molar-refractivity contribution in [1.29, 1.82) is 0 Å². The number of nitrogens with one attached hydrogen (secondary N) is 1. The van der Waals surface area contributed by atoms with E-state index in [9.17, 15) is 4.79 Å². The van der Waals surface area contributed by atoms with Gasteiger partial charge in [-0.05, 0) is 48.0 Å². The normalized spacial score (nSPS) is 10.8. The summed E-state index contributed by atoms with van der Waals surface area (Å²) in [6, 6.07) is 5.38. The molecule has 1 N–H and O–H groups in total. The number of furan rings is 1. The van der Waals surface area contributed by atoms with E-state index in [-0.39, 0.29) is 11.9 Å². The number of aromatic nitrogens is 2. The lowest BCUT2D eigenvalue weighted by Crippen LogP contribution is -2.10. The highest BCUT2D eigenvalue weighted by molar-refractivity contribution is 9.11. The monoisotopic (exact) mass is 367 g/mol. The van der Waals surface area contributed by atoms with E-state index in [0.717, 1.165) is 15.1 Å². The second kappa shape index (κ2) is 5.45. The number of hydrogen-bond donors (Lipinski definition) is 1. The SMILES string of the molecule is Cc1cc(-c2nnc(NC(=O)c3ccc(Br)s3)o2)c(C)o1. The lowest BCUT2D eigenvalue weighted by atomic mass is 10.2. The predicted octanol–water partition coefficient (Wildman–Crippen LogP) is 4.02. The largest absolute Gasteiger partial charge is 0.466 e. The van der Waals surface area contributed by atoms with Crippen molar-refractivity contribution in [2.45, 2.75) is 13.8 Å². The Morgan fingerprint density at radius 1 is 1.29 bits per heavy atom. The summed E-state index contributed by atoms with van der Waals surface area (Å²) in [7, 11) is 0. The summed E-state index contributed by atoms with van der Waals surface area (Å²) in [6.07, 6.45) is 0. The van der Waals surface area contributed by atoms with E-state index >= 15 is 0 Å². The number of nitrogens with zero attached hydrogens (tertiary/aromatic N) is 2. The fraction of sp³-hybridized carbons (Fsp3) is 0.154. The Balaban J connectivity index is 1.79. The van der Waals surface area contributed by atoms with Gasteiger partial charge in [0.05, 0.1) is 14.2 Å². The van der Waals surface area contributed by atoms with Crippen molar-refractivity contribution in [3.8, 4) is 11.5 Å². The Morgan fingerprint density at radius 3 is 2.71 bits per heavy atom. The number of aryl methyl sites for hydroxylation is 2. The van der Waals surface area contributed by atoms with Gasteiger partial charge in [-0.2, -0.15) is 0 Å². The number of rotatable bonds is 3. The number of anilines is 1. The highest BCUT2D eigenvalue weighted by atomic mass is 79.9. The molecule has 0 saturated heterocycles. The number of amides is 1. The first-order valence-electron chi connectivity index (χ1n) is 6.00. The van der Waals surface area contributed by atoms with E-state index in [0.29, 0.717) is 16.5 Å². The summed E-state index contributed by atoms with van der Waals surface area (Å²) in [5, 5.41) is 10.3. The van der Waals surface area contributed by atoms with Crippen LogP contribution in [0.3, 0.4) is 0 Å². The zero-order chi connectivity index (χ0) is 15.0. The van der Waals surface area contributed by atoms with Crippen LogP contribution in [-0.2, 0) is 0 Å². The van der Waals surface area contributed by atoms with Crippen molar-refractivity contribution in [2.24, 2.45) is 0 Å². The molecule has 0 aliphatic carbocycles. The maximum atomic E-state index is 12.0. The molecule has 0 spiro atoms. The molecule has 1 amide bonds. The molecule has 108 valence electrons. The summed E-state index contributed by atoms with van der Waals surface area (Å²) >= 11 is 4.63. The Morgan fingerprint density at radius 2 is 2.10 bits per heavy atom. The van der Waals surface area contributed by atoms with Crippen LogP contribution >= 0.6 is 27.3 Å². The van der Waals surface area contributed by atoms with Gasteiger partial charge in [-0.1, -0.05) is 5.10 Å². The molecule has 0 unspecified atom stereocenters. The first-order valence-corrected chi connectivity index (χ1v) is 7.61. The molecule has 3 heterocycles. The molecule has 0 aliphatic heterocycles. The number of carbonyl (C=O) groups excluding carboxylic acids is 1. The van der Waals surface area contributed by atoms with Crippen LogP contribution in [0.4, 0.5) is 6.01 Å². The van der Waals surface area contributed by atoms with Gasteiger partial charge in [-0.15, -0.1) is 16.4 Å². The average molecular weight is 368 g/mol. The predicted molar refractivity (Wildman–Crippen MR) is 81.4 cm³/mol. The minimum Gasteiger partial charge on any atom is -0.466 e. The molecular formula is C13H10BrN3O3S. The number of thiophene rings is 1. The van der Waals surface area contributed by atoms with Crippen LogP contribution < -0.4 is 5.32 Å². The van der Waals surface area contributed by atoms with Crippen LogP contribution in [0.5, 0.6) is 0 Å². The molecule has 0 atom stereocenters. The second-order valence-electron chi connectivity index (χ2n) is 4.30. The molecule has 6 nitrogen and oxygen atoms in total. The molecule has 0 radical (unpaired) electrons. The molecular weight excluding hydrogens is 358 g/mol. The fourth-order valence-corrected chi connectivity index (χ4v) is 3.10. The first-order chi connectivity index (χ1) is 10.0. The highest BCUT2D eigenvalue weighted by Crippen LogP contribution is 2.27. The minimum atomic E-state index is -0.291. The Hall–Kier alpha value is -1.93. The standard InChI is InChI=1S/C13H10BrN3O3S/c1-6-5-8(7(2)19-6)12-16-17-13(20-12)15-11(18)9-3-4-10(14)21-9/h3-5H,1-2H3,(H,15,17,18). The maximum Gasteiger partial charge on any atom is 0.322 e. The fourth-order valence-electron chi connectivity index (χ4n) is 1.82. The summed E-state index contributed by atoms with van der Waals surface area (Å²) < 4.78 is 11.7. The Bertz CT molecular complexity index is 805. The summed E-state index contributed by atoms with van der Waals surface area (Å²) in [5.41, 5.74) is 0.722. The quantitative estimate of drug-likeness (QED) is 0.755. The topological polar surface area (TPSA) is 81.2 Å². The van der Waals surface area contributed by atoms with Crippen LogP contribution in [0, 0.1) is 13.8 Å². The summed E-state index contributed by atoms with van der Waals surface area (Å²) in [5.74, 6) is 1.47. The summed E-state index contributed by atoms with van der Waals surface area (Å²) in [4.78, 5) is 12.5. The number of halogens is 1. The third-order valence-corrected chi connectivity index (χ3v) is 4.34. The molecule has 0 aliphatic rings. The molecule has 3 aromatic heterocycles. The Labute approximate surface area is 132 Å². The molecule has 0 aromatic carbocycles. The molecule has 0 fully saturated rings. The number of carbonyl (C=O) groups is 1. The van der Waals surface area contributed by atoms with Gasteiger partial charge in [-0.25, -0.2) is 0 Å². The number of hydrogen-bond acceptors (Lipinski definition) is 6. The molecule has 3 rings (SSSR count). The van der Waals surface area contributed by atoms with Gasteiger partial charge >= 0.3 is 6.01 Å². The Kier molecular flexibility index (Phi) is 3.64. The van der Waals surface area contributed by atoms with Crippen LogP contribution in [0.25, 0.3) is 11.5 Å². The van der Waals surface area contributed by atoms with E-state index in [1.54, 1.807) is 12.1 Å². The molecule has 0 bridgehead atoms. The van der Waals surface area contributed by atoms with E-state index in [2.05, 4.69) is 31.4 Å². The maximum absolute atomic E-state index is 12.0. The third-order valence-electron chi connectivity index (χ3n) is 2.71. The van der Waals surface area contributed by atoms with E-state index in [4.69, 9.17) is 8.83 Å². The van der Waals surface area contributed by atoms with Gasteiger partial charge in [0.2, 0.25) is 0 Å². The minimum absolute atomic E-state index is 0.0535. The molecule has 8 heteroatoms. The second-order valence-corrected chi connectivity index (χ2v) is 6.76. The van der Waals surface area contributed by atoms with Gasteiger partial charge < -0.3 is 8.83 Å². The zero-order valence-electron chi connectivity index (χ0n) is 11.1. The van der Waals surface area contributed by atoms with E-state index in [1.807, 2.05) is 19.9 Å². The first kappa shape index (κ1) is 14.0. The van der Waals surface area contributed by atoms with Crippen molar-refractivity contribution >= 4 is 39.2 Å². The van der Waals surface area contributed by atoms with Crippen molar-refractivity contribution < 1.29 is 13.6 Å². The van der Waals surface area contributed by atoms with Gasteiger partial charge in [0, 0.05) is 0 Å². The van der Waals surface area contributed by atoms with Gasteiger partial charge in [0.1, 0.15) is 11.5 Å². The van der Waals surface area contributed by atoms with Gasteiger partial charge in [0.15, 0.2) is 0 Å². The average Bonchev–Trinajstić information content (AvgIpc) is 3.10. The van der Waals surface area contributed by atoms with Crippen molar-refractivity contribution in [3.05, 3.63) is 38.4 Å². The van der Waals surface area contributed by atoms with Crippen LogP contribution in [-0.4, -0.2) is 16.1 Å². The van der Waals surface area contributed by atoms with Crippen molar-refractivity contribution in [2.75, 3.05) is 5.32 Å². The highest BCUT2D eigenvalue weighted by Gasteiger charge is 2.17. The van der Waals surface area contributed by atoms with Gasteiger partial charge in [-0.3, -0.25) is 10.1 Å². The van der Waals surface area contributed by atoms with Crippen LogP contribution in [0.2, 0.25) is 0 Å². The van der Waals surface area contributed by atoms with E-state index < -0.39 is 0 Å².